The second-order valence-electron chi connectivity index (χ2n) is 13.6. The third-order valence-electron chi connectivity index (χ3n) is 10.1. The number of rotatable bonds is 7. The van der Waals surface area contributed by atoms with Gasteiger partial charge in [0.2, 0.25) is 0 Å². The Bertz CT molecular complexity index is 2970. The minimum Gasteiger partial charge on any atom is -0.309 e. The SMILES string of the molecule is c1ccc(-c2nc(-c3cccc(-c4ccncc4)c3)nc(-c3cccc(-c4cccc(-c5ccc6c7ccccc7n(-c7ccccc7)c6c5)c4)c3)n2)cc1. The van der Waals surface area contributed by atoms with Gasteiger partial charge in [-0.1, -0.05) is 133 Å². The van der Waals surface area contributed by atoms with Crippen molar-refractivity contribution in [2.45, 2.75) is 0 Å². The summed E-state index contributed by atoms with van der Waals surface area (Å²) in [5, 5.41) is 2.49. The van der Waals surface area contributed by atoms with Crippen molar-refractivity contribution in [2.75, 3.05) is 0 Å². The molecule has 3 heterocycles. The Hall–Kier alpha value is -7.50. The van der Waals surface area contributed by atoms with Crippen LogP contribution in [0.3, 0.4) is 0 Å². The van der Waals surface area contributed by atoms with Gasteiger partial charge in [-0.05, 0) is 88.0 Å². The van der Waals surface area contributed by atoms with Crippen LogP contribution in [0.1, 0.15) is 0 Å². The molecule has 0 aliphatic carbocycles. The van der Waals surface area contributed by atoms with Gasteiger partial charge in [0, 0.05) is 45.5 Å². The zero-order valence-electron chi connectivity index (χ0n) is 29.8. The summed E-state index contributed by atoms with van der Waals surface area (Å²) in [5.41, 5.74) is 13.0. The first-order valence-corrected chi connectivity index (χ1v) is 18.4. The highest BCUT2D eigenvalue weighted by atomic mass is 15.0. The molecule has 55 heavy (non-hydrogen) atoms. The van der Waals surface area contributed by atoms with E-state index < -0.39 is 0 Å². The maximum Gasteiger partial charge on any atom is 0.164 e. The summed E-state index contributed by atoms with van der Waals surface area (Å²) in [4.78, 5) is 19.3. The van der Waals surface area contributed by atoms with Crippen LogP contribution in [0, 0.1) is 0 Å². The quantitative estimate of drug-likeness (QED) is 0.166. The number of para-hydroxylation sites is 2. The van der Waals surface area contributed by atoms with Crippen LogP contribution in [0.15, 0.2) is 200 Å². The second kappa shape index (κ2) is 13.8. The van der Waals surface area contributed by atoms with E-state index >= 15 is 0 Å². The van der Waals surface area contributed by atoms with E-state index in [-0.39, 0.29) is 0 Å². The van der Waals surface area contributed by atoms with Crippen molar-refractivity contribution < 1.29 is 0 Å². The fraction of sp³-hybridized carbons (Fsp3) is 0. The van der Waals surface area contributed by atoms with Crippen molar-refractivity contribution >= 4 is 21.8 Å². The molecule has 0 atom stereocenters. The van der Waals surface area contributed by atoms with Crippen LogP contribution in [0.5, 0.6) is 0 Å². The Morgan fingerprint density at radius 1 is 0.291 bits per heavy atom. The zero-order valence-corrected chi connectivity index (χ0v) is 29.8. The average molecular weight is 704 g/mol. The molecule has 10 rings (SSSR count). The lowest BCUT2D eigenvalue weighted by Crippen LogP contribution is -2.00. The molecule has 0 spiro atoms. The fourth-order valence-electron chi connectivity index (χ4n) is 7.45. The van der Waals surface area contributed by atoms with Crippen LogP contribution >= 0.6 is 0 Å². The van der Waals surface area contributed by atoms with E-state index in [2.05, 4.69) is 149 Å². The van der Waals surface area contributed by atoms with Crippen molar-refractivity contribution in [3.8, 4) is 73.2 Å². The van der Waals surface area contributed by atoms with E-state index in [0.29, 0.717) is 17.5 Å². The third kappa shape index (κ3) is 6.14. The Kier molecular flexibility index (Phi) is 8.08. The molecule has 0 saturated heterocycles. The summed E-state index contributed by atoms with van der Waals surface area (Å²) >= 11 is 0. The molecule has 5 nitrogen and oxygen atoms in total. The average Bonchev–Trinajstić information content (AvgIpc) is 3.61. The number of aromatic nitrogens is 5. The van der Waals surface area contributed by atoms with Crippen LogP contribution in [0.2, 0.25) is 0 Å². The third-order valence-corrected chi connectivity index (χ3v) is 10.1. The number of fused-ring (bicyclic) bond motifs is 3. The molecule has 10 aromatic rings. The van der Waals surface area contributed by atoms with Gasteiger partial charge >= 0.3 is 0 Å². The van der Waals surface area contributed by atoms with E-state index in [4.69, 9.17) is 15.0 Å². The van der Waals surface area contributed by atoms with Crippen molar-refractivity contribution in [1.82, 2.24) is 24.5 Å². The van der Waals surface area contributed by atoms with Crippen LogP contribution in [-0.4, -0.2) is 24.5 Å². The van der Waals surface area contributed by atoms with E-state index in [0.717, 1.165) is 55.8 Å². The van der Waals surface area contributed by atoms with Crippen LogP contribution in [0.4, 0.5) is 0 Å². The van der Waals surface area contributed by atoms with Gasteiger partial charge in [-0.25, -0.2) is 15.0 Å². The number of nitrogens with zero attached hydrogens (tertiary/aromatic N) is 5. The van der Waals surface area contributed by atoms with Gasteiger partial charge in [-0.15, -0.1) is 0 Å². The highest BCUT2D eigenvalue weighted by molar-refractivity contribution is 6.10. The topological polar surface area (TPSA) is 56.5 Å². The molecule has 0 aliphatic heterocycles. The molecule has 0 saturated carbocycles. The molecule has 0 fully saturated rings. The summed E-state index contributed by atoms with van der Waals surface area (Å²) in [6, 6.07) is 65.7. The normalized spacial score (nSPS) is 11.3. The minimum atomic E-state index is 0.621. The van der Waals surface area contributed by atoms with Gasteiger partial charge in [0.1, 0.15) is 0 Å². The number of pyridine rings is 1. The van der Waals surface area contributed by atoms with Crippen molar-refractivity contribution in [2.24, 2.45) is 0 Å². The molecule has 258 valence electrons. The summed E-state index contributed by atoms with van der Waals surface area (Å²) < 4.78 is 2.36. The number of benzene rings is 7. The maximum atomic E-state index is 5.08. The fourth-order valence-corrected chi connectivity index (χ4v) is 7.45. The molecule has 0 N–H and O–H groups in total. The molecule has 0 radical (unpaired) electrons. The Balaban J connectivity index is 1.05. The lowest BCUT2D eigenvalue weighted by molar-refractivity contribution is 1.07. The first-order valence-electron chi connectivity index (χ1n) is 18.4. The summed E-state index contributed by atoms with van der Waals surface area (Å²) in [7, 11) is 0. The van der Waals surface area contributed by atoms with Crippen molar-refractivity contribution in [3.05, 3.63) is 200 Å². The van der Waals surface area contributed by atoms with E-state index in [1.165, 1.54) is 21.8 Å². The molecule has 0 aliphatic rings. The Labute approximate surface area is 318 Å². The molecule has 0 amide bonds. The number of hydrogen-bond acceptors (Lipinski definition) is 4. The van der Waals surface area contributed by atoms with E-state index in [1.54, 1.807) is 0 Å². The standard InChI is InChI=1S/C50H33N5/c1-3-12-35(13-4-1)48-52-49(41-18-10-14-36(31-41)34-26-28-51-29-27-34)54-50(53-48)42-19-11-17-39(32-42)37-15-9-16-38(30-37)40-24-25-45-44-22-7-8-23-46(44)55(47(45)33-40)43-20-5-2-6-21-43/h1-33H. The van der Waals surface area contributed by atoms with Gasteiger partial charge in [0.25, 0.3) is 0 Å². The molecule has 0 unspecified atom stereocenters. The predicted octanol–water partition coefficient (Wildman–Crippen LogP) is 12.4. The van der Waals surface area contributed by atoms with Gasteiger partial charge in [0.15, 0.2) is 17.5 Å². The molecule has 5 heteroatoms. The molecule has 7 aromatic carbocycles. The molecular formula is C50H33N5. The van der Waals surface area contributed by atoms with Crippen molar-refractivity contribution in [3.63, 3.8) is 0 Å². The lowest BCUT2D eigenvalue weighted by atomic mass is 9.97. The van der Waals surface area contributed by atoms with Gasteiger partial charge in [0.05, 0.1) is 11.0 Å². The van der Waals surface area contributed by atoms with Gasteiger partial charge in [-0.3, -0.25) is 4.98 Å². The highest BCUT2D eigenvalue weighted by Gasteiger charge is 2.16. The van der Waals surface area contributed by atoms with Crippen LogP contribution in [0.25, 0.3) is 95.0 Å². The van der Waals surface area contributed by atoms with Crippen molar-refractivity contribution in [1.29, 1.82) is 0 Å². The van der Waals surface area contributed by atoms with Gasteiger partial charge < -0.3 is 4.57 Å². The second-order valence-corrected chi connectivity index (χ2v) is 13.6. The maximum absolute atomic E-state index is 5.08. The predicted molar refractivity (Wildman–Crippen MR) is 225 cm³/mol. The Morgan fingerprint density at radius 3 is 1.38 bits per heavy atom. The minimum absolute atomic E-state index is 0.621. The largest absolute Gasteiger partial charge is 0.309 e. The molecule has 3 aromatic heterocycles. The molecular weight excluding hydrogens is 671 g/mol. The first kappa shape index (κ1) is 32.2. The van der Waals surface area contributed by atoms with Crippen LogP contribution < -0.4 is 0 Å². The molecule has 0 bridgehead atoms. The lowest BCUT2D eigenvalue weighted by Gasteiger charge is -2.11. The van der Waals surface area contributed by atoms with Gasteiger partial charge in [-0.2, -0.15) is 0 Å². The number of hydrogen-bond donors (Lipinski definition) is 0. The van der Waals surface area contributed by atoms with E-state index in [9.17, 15) is 0 Å². The first-order chi connectivity index (χ1) is 27.2. The highest BCUT2D eigenvalue weighted by Crippen LogP contribution is 2.36. The van der Waals surface area contributed by atoms with Crippen LogP contribution in [-0.2, 0) is 0 Å². The summed E-state index contributed by atoms with van der Waals surface area (Å²) in [6.07, 6.45) is 3.62. The summed E-state index contributed by atoms with van der Waals surface area (Å²) in [6.45, 7) is 0. The zero-order chi connectivity index (χ0) is 36.6. The monoisotopic (exact) mass is 703 g/mol. The Morgan fingerprint density at radius 2 is 0.745 bits per heavy atom. The summed E-state index contributed by atoms with van der Waals surface area (Å²) in [5.74, 6) is 1.87. The smallest absolute Gasteiger partial charge is 0.164 e. The van der Waals surface area contributed by atoms with E-state index in [1.807, 2.05) is 60.9 Å².